The average molecular weight is 357 g/mol. The number of aliphatic hydroxyl groups excluding tert-OH is 2. The van der Waals surface area contributed by atoms with E-state index in [9.17, 15) is 19.4 Å². The Morgan fingerprint density at radius 1 is 1.71 bits per heavy atom. The molecule has 5 N–H and O–H groups in total. The van der Waals surface area contributed by atoms with E-state index in [4.69, 9.17) is 28.5 Å². The van der Waals surface area contributed by atoms with E-state index in [1.807, 2.05) is 0 Å². The number of anilines is 1. The van der Waals surface area contributed by atoms with Crippen molar-refractivity contribution in [3.8, 4) is 12.3 Å². The normalized spacial score (nSPS) is 31.2. The minimum atomic E-state index is -1.81. The van der Waals surface area contributed by atoms with Crippen LogP contribution in [0.4, 0.5) is 10.3 Å². The maximum Gasteiger partial charge on any atom is 0.264 e. The molecule has 0 bridgehead atoms. The third-order valence-corrected chi connectivity index (χ3v) is 4.51. The van der Waals surface area contributed by atoms with Crippen molar-refractivity contribution in [1.29, 1.82) is 0 Å². The van der Waals surface area contributed by atoms with E-state index in [0.717, 1.165) is 10.8 Å². The van der Waals surface area contributed by atoms with Crippen molar-refractivity contribution in [3.05, 3.63) is 22.4 Å². The van der Waals surface area contributed by atoms with E-state index in [1.165, 1.54) is 6.92 Å². The molecule has 8 nitrogen and oxygen atoms in total. The molecule has 5 atom stereocenters. The molecule has 3 heterocycles. The first-order valence-corrected chi connectivity index (χ1v) is 7.32. The summed E-state index contributed by atoms with van der Waals surface area (Å²) < 4.78 is 20.8. The summed E-state index contributed by atoms with van der Waals surface area (Å²) in [6, 6.07) is 0. The standard InChI is InChI=1S/C14H14ClFN4O4/c1-3-14(15)9(22)8(5(2)21)24-12(14)20-4-6(16)7-10(20)18-13(17)19-11(7)23/h1,4-5,8-9,12,21-22H,2H3,(H3,17,18,19,23)/t5-,8+,9-,12+,14?/m0/s1. The molecule has 0 spiro atoms. The van der Waals surface area contributed by atoms with Crippen LogP contribution in [-0.2, 0) is 4.74 Å². The Balaban J connectivity index is 2.24. The Morgan fingerprint density at radius 2 is 2.38 bits per heavy atom. The number of aliphatic hydroxyl groups is 2. The number of hydrogen-bond donors (Lipinski definition) is 4. The zero-order valence-electron chi connectivity index (χ0n) is 12.4. The molecule has 0 amide bonds. The molecule has 2 aromatic rings. The van der Waals surface area contributed by atoms with Crippen LogP contribution >= 0.6 is 11.6 Å². The lowest BCUT2D eigenvalue weighted by atomic mass is 9.97. The fraction of sp³-hybridized carbons (Fsp3) is 0.429. The minimum absolute atomic E-state index is 0.141. The van der Waals surface area contributed by atoms with Crippen LogP contribution in [0.1, 0.15) is 13.2 Å². The number of ether oxygens (including phenoxy) is 1. The van der Waals surface area contributed by atoms with Gasteiger partial charge in [0.1, 0.15) is 17.6 Å². The number of H-pyrrole nitrogens is 1. The number of terminal acetylenes is 1. The highest BCUT2D eigenvalue weighted by atomic mass is 35.5. The van der Waals surface area contributed by atoms with E-state index in [0.29, 0.717) is 0 Å². The van der Waals surface area contributed by atoms with Gasteiger partial charge in [0, 0.05) is 6.20 Å². The smallest absolute Gasteiger partial charge is 0.264 e. The van der Waals surface area contributed by atoms with Gasteiger partial charge >= 0.3 is 0 Å². The lowest BCUT2D eigenvalue weighted by molar-refractivity contribution is -0.0752. The largest absolute Gasteiger partial charge is 0.391 e. The van der Waals surface area contributed by atoms with Gasteiger partial charge in [0.25, 0.3) is 5.56 Å². The Labute approximate surface area is 140 Å². The molecule has 10 heteroatoms. The Kier molecular flexibility index (Phi) is 3.80. The number of fused-ring (bicyclic) bond motifs is 1. The molecule has 3 rings (SSSR count). The summed E-state index contributed by atoms with van der Waals surface area (Å²) in [7, 11) is 0. The van der Waals surface area contributed by atoms with E-state index < -0.39 is 40.8 Å². The molecule has 1 saturated heterocycles. The number of nitrogen functional groups attached to an aromatic ring is 1. The number of aromatic nitrogens is 3. The van der Waals surface area contributed by atoms with Crippen LogP contribution in [0, 0.1) is 18.2 Å². The fourth-order valence-electron chi connectivity index (χ4n) is 2.82. The number of rotatable bonds is 2. The molecule has 24 heavy (non-hydrogen) atoms. The molecular formula is C14H14ClFN4O4. The van der Waals surface area contributed by atoms with Gasteiger partial charge in [0.15, 0.2) is 22.6 Å². The van der Waals surface area contributed by atoms with Crippen molar-refractivity contribution in [1.82, 2.24) is 14.5 Å². The van der Waals surface area contributed by atoms with Crippen molar-refractivity contribution in [2.24, 2.45) is 0 Å². The second kappa shape index (κ2) is 5.46. The summed E-state index contributed by atoms with van der Waals surface area (Å²) in [6.07, 6.45) is 1.45. The SMILES string of the molecule is C#CC1(Cl)[C@@H](O)[C@@H]([C@H](C)O)O[C@H]1n1cc(F)c2c(=O)[nH]c(N)nc21. The Morgan fingerprint density at radius 3 is 2.96 bits per heavy atom. The Hall–Kier alpha value is -2.12. The maximum atomic E-state index is 14.2. The summed E-state index contributed by atoms with van der Waals surface area (Å²) in [4.78, 5) is 16.2. The molecular weight excluding hydrogens is 343 g/mol. The monoisotopic (exact) mass is 356 g/mol. The number of hydrogen-bond acceptors (Lipinski definition) is 6. The molecule has 1 fully saturated rings. The van der Waals surface area contributed by atoms with Crippen LogP contribution in [0.3, 0.4) is 0 Å². The maximum absolute atomic E-state index is 14.2. The molecule has 128 valence electrons. The highest BCUT2D eigenvalue weighted by molar-refractivity contribution is 6.27. The minimum Gasteiger partial charge on any atom is -0.391 e. The number of nitrogens with zero attached hydrogens (tertiary/aromatic N) is 2. The zero-order valence-corrected chi connectivity index (χ0v) is 13.2. The molecule has 1 aliphatic rings. The van der Waals surface area contributed by atoms with Gasteiger partial charge in [-0.05, 0) is 6.92 Å². The average Bonchev–Trinajstić information content (AvgIpc) is 2.95. The second-order valence-corrected chi connectivity index (χ2v) is 6.21. The molecule has 0 saturated carbocycles. The fourth-order valence-corrected chi connectivity index (χ4v) is 3.10. The van der Waals surface area contributed by atoms with Crippen LogP contribution in [0.15, 0.2) is 11.0 Å². The first kappa shape index (κ1) is 16.7. The van der Waals surface area contributed by atoms with Crippen LogP contribution in [-0.4, -0.2) is 47.9 Å². The van der Waals surface area contributed by atoms with E-state index in [1.54, 1.807) is 0 Å². The van der Waals surface area contributed by atoms with E-state index in [-0.39, 0.29) is 17.0 Å². The summed E-state index contributed by atoms with van der Waals surface area (Å²) in [6.45, 7) is 1.39. The van der Waals surface area contributed by atoms with Crippen molar-refractivity contribution >= 4 is 28.6 Å². The van der Waals surface area contributed by atoms with Crippen LogP contribution in [0.2, 0.25) is 0 Å². The van der Waals surface area contributed by atoms with Gasteiger partial charge < -0.3 is 20.7 Å². The third-order valence-electron chi connectivity index (χ3n) is 3.99. The molecule has 1 aliphatic heterocycles. The predicted molar refractivity (Wildman–Crippen MR) is 83.7 cm³/mol. The van der Waals surface area contributed by atoms with Gasteiger partial charge in [-0.1, -0.05) is 17.5 Å². The van der Waals surface area contributed by atoms with Crippen LogP contribution < -0.4 is 11.3 Å². The number of aromatic amines is 1. The van der Waals surface area contributed by atoms with E-state index >= 15 is 0 Å². The first-order valence-electron chi connectivity index (χ1n) is 6.94. The highest BCUT2D eigenvalue weighted by Gasteiger charge is 2.57. The molecule has 2 aromatic heterocycles. The summed E-state index contributed by atoms with van der Waals surface area (Å²) in [5.41, 5.74) is 4.58. The van der Waals surface area contributed by atoms with Crippen molar-refractivity contribution in [2.45, 2.75) is 36.3 Å². The predicted octanol–water partition coefficient (Wildman–Crippen LogP) is -0.304. The van der Waals surface area contributed by atoms with Crippen LogP contribution in [0.25, 0.3) is 11.0 Å². The summed E-state index contributed by atoms with van der Waals surface area (Å²) in [5, 5.41) is 19.7. The Bertz CT molecular complexity index is 905. The van der Waals surface area contributed by atoms with Gasteiger partial charge in [-0.3, -0.25) is 14.3 Å². The summed E-state index contributed by atoms with van der Waals surface area (Å²) in [5.74, 6) is 1.10. The lowest BCUT2D eigenvalue weighted by Crippen LogP contribution is -2.43. The van der Waals surface area contributed by atoms with Gasteiger partial charge in [0.05, 0.1) is 6.10 Å². The number of nitrogens with one attached hydrogen (secondary N) is 1. The quantitative estimate of drug-likeness (QED) is 0.432. The topological polar surface area (TPSA) is 126 Å². The second-order valence-electron chi connectivity index (χ2n) is 5.58. The third kappa shape index (κ3) is 2.19. The number of alkyl halides is 1. The first-order chi connectivity index (χ1) is 11.2. The van der Waals surface area contributed by atoms with Crippen LogP contribution in [0.5, 0.6) is 0 Å². The van der Waals surface area contributed by atoms with Gasteiger partial charge in [-0.25, -0.2) is 4.39 Å². The van der Waals surface area contributed by atoms with Crippen molar-refractivity contribution < 1.29 is 19.3 Å². The zero-order chi connectivity index (χ0) is 17.8. The molecule has 1 unspecified atom stereocenters. The lowest BCUT2D eigenvalue weighted by Gasteiger charge is -2.25. The molecule has 0 aromatic carbocycles. The van der Waals surface area contributed by atoms with Crippen molar-refractivity contribution in [2.75, 3.05) is 5.73 Å². The highest BCUT2D eigenvalue weighted by Crippen LogP contribution is 2.45. The van der Waals surface area contributed by atoms with E-state index in [2.05, 4.69) is 15.9 Å². The molecule has 0 radical (unpaired) electrons. The van der Waals surface area contributed by atoms with Crippen molar-refractivity contribution in [3.63, 3.8) is 0 Å². The number of nitrogens with two attached hydrogens (primary N) is 1. The van der Waals surface area contributed by atoms with Gasteiger partial charge in [-0.15, -0.1) is 6.42 Å². The molecule has 0 aliphatic carbocycles. The number of halogens is 2. The van der Waals surface area contributed by atoms with Gasteiger partial charge in [0.2, 0.25) is 5.95 Å². The summed E-state index contributed by atoms with van der Waals surface area (Å²) >= 11 is 6.32. The van der Waals surface area contributed by atoms with Gasteiger partial charge in [-0.2, -0.15) is 4.98 Å².